The Morgan fingerprint density at radius 3 is 2.92 bits per heavy atom. The molecule has 12 heavy (non-hydrogen) atoms. The Bertz CT molecular complexity index is 248. The Labute approximate surface area is 72.6 Å². The van der Waals surface area contributed by atoms with Gasteiger partial charge >= 0.3 is 0 Å². The standard InChI is InChI=1S/C9H14N2O/c1-7(10)6-8-4-3-5-9(11-8)12-2/h3-5,7H,6,10H2,1-2H3. The van der Waals surface area contributed by atoms with Crippen LogP contribution in [0.1, 0.15) is 12.6 Å². The minimum Gasteiger partial charge on any atom is -0.481 e. The van der Waals surface area contributed by atoms with Crippen LogP contribution in [0.15, 0.2) is 18.2 Å². The van der Waals surface area contributed by atoms with Crippen LogP contribution in [0, 0.1) is 0 Å². The summed E-state index contributed by atoms with van der Waals surface area (Å²) >= 11 is 0. The third kappa shape index (κ3) is 2.51. The van der Waals surface area contributed by atoms with Crippen LogP contribution in [0.4, 0.5) is 0 Å². The van der Waals surface area contributed by atoms with E-state index in [0.717, 1.165) is 12.1 Å². The van der Waals surface area contributed by atoms with Crippen molar-refractivity contribution in [1.82, 2.24) is 4.98 Å². The number of aromatic nitrogens is 1. The summed E-state index contributed by atoms with van der Waals surface area (Å²) in [5, 5.41) is 0. The maximum Gasteiger partial charge on any atom is 0.213 e. The van der Waals surface area contributed by atoms with Gasteiger partial charge in [-0.1, -0.05) is 6.07 Å². The van der Waals surface area contributed by atoms with Crippen LogP contribution in [-0.2, 0) is 6.42 Å². The molecule has 2 N–H and O–H groups in total. The van der Waals surface area contributed by atoms with E-state index in [1.54, 1.807) is 7.11 Å². The van der Waals surface area contributed by atoms with Crippen molar-refractivity contribution in [3.05, 3.63) is 23.9 Å². The molecule has 1 aromatic heterocycles. The predicted octanol–water partition coefficient (Wildman–Crippen LogP) is 0.980. The van der Waals surface area contributed by atoms with Crippen LogP contribution in [0.25, 0.3) is 0 Å². The van der Waals surface area contributed by atoms with Crippen molar-refractivity contribution in [2.45, 2.75) is 19.4 Å². The summed E-state index contributed by atoms with van der Waals surface area (Å²) in [4.78, 5) is 4.23. The molecule has 1 unspecified atom stereocenters. The monoisotopic (exact) mass is 166 g/mol. The number of ether oxygens (including phenoxy) is 1. The molecule has 66 valence electrons. The highest BCUT2D eigenvalue weighted by atomic mass is 16.5. The van der Waals surface area contributed by atoms with Gasteiger partial charge in [0.25, 0.3) is 0 Å². The Kier molecular flexibility index (Phi) is 3.05. The van der Waals surface area contributed by atoms with Gasteiger partial charge in [-0.05, 0) is 13.0 Å². The highest BCUT2D eigenvalue weighted by Crippen LogP contribution is 2.07. The van der Waals surface area contributed by atoms with Crippen molar-refractivity contribution in [1.29, 1.82) is 0 Å². The number of rotatable bonds is 3. The minimum absolute atomic E-state index is 0.143. The molecule has 3 heteroatoms. The zero-order valence-corrected chi connectivity index (χ0v) is 7.45. The summed E-state index contributed by atoms with van der Waals surface area (Å²) < 4.78 is 4.98. The molecular weight excluding hydrogens is 152 g/mol. The second-order valence-corrected chi connectivity index (χ2v) is 2.85. The minimum atomic E-state index is 0.143. The lowest BCUT2D eigenvalue weighted by atomic mass is 10.2. The second-order valence-electron chi connectivity index (χ2n) is 2.85. The molecule has 0 spiro atoms. The van der Waals surface area contributed by atoms with Crippen molar-refractivity contribution in [2.24, 2.45) is 5.73 Å². The summed E-state index contributed by atoms with van der Waals surface area (Å²) in [7, 11) is 1.61. The normalized spacial score (nSPS) is 12.6. The lowest BCUT2D eigenvalue weighted by molar-refractivity contribution is 0.396. The molecular formula is C9H14N2O. The van der Waals surface area contributed by atoms with E-state index in [2.05, 4.69) is 4.98 Å². The third-order valence-electron chi connectivity index (χ3n) is 1.52. The number of methoxy groups -OCH3 is 1. The van der Waals surface area contributed by atoms with E-state index in [0.29, 0.717) is 5.88 Å². The summed E-state index contributed by atoms with van der Waals surface area (Å²) in [6.07, 6.45) is 0.789. The molecule has 0 amide bonds. The van der Waals surface area contributed by atoms with Gasteiger partial charge in [0.2, 0.25) is 5.88 Å². The van der Waals surface area contributed by atoms with E-state index in [9.17, 15) is 0 Å². The number of nitrogens with two attached hydrogens (primary N) is 1. The zero-order valence-electron chi connectivity index (χ0n) is 7.45. The molecule has 0 radical (unpaired) electrons. The lowest BCUT2D eigenvalue weighted by Gasteiger charge is -2.05. The molecule has 1 atom stereocenters. The van der Waals surface area contributed by atoms with Gasteiger partial charge in [-0.2, -0.15) is 0 Å². The van der Waals surface area contributed by atoms with Crippen LogP contribution < -0.4 is 10.5 Å². The van der Waals surface area contributed by atoms with Crippen LogP contribution in [0.2, 0.25) is 0 Å². The fraction of sp³-hybridized carbons (Fsp3) is 0.444. The van der Waals surface area contributed by atoms with Crippen molar-refractivity contribution in [3.63, 3.8) is 0 Å². The quantitative estimate of drug-likeness (QED) is 0.728. The molecule has 0 bridgehead atoms. The topological polar surface area (TPSA) is 48.1 Å². The van der Waals surface area contributed by atoms with Crippen molar-refractivity contribution < 1.29 is 4.74 Å². The third-order valence-corrected chi connectivity index (χ3v) is 1.52. The molecule has 1 heterocycles. The molecule has 1 rings (SSSR count). The zero-order chi connectivity index (χ0) is 8.97. The van der Waals surface area contributed by atoms with Gasteiger partial charge in [0.05, 0.1) is 7.11 Å². The number of hydrogen-bond acceptors (Lipinski definition) is 3. The lowest BCUT2D eigenvalue weighted by Crippen LogP contribution is -2.18. The summed E-state index contributed by atoms with van der Waals surface area (Å²) in [6, 6.07) is 5.84. The van der Waals surface area contributed by atoms with Crippen molar-refractivity contribution in [2.75, 3.05) is 7.11 Å². The van der Waals surface area contributed by atoms with E-state index >= 15 is 0 Å². The first-order chi connectivity index (χ1) is 5.72. The van der Waals surface area contributed by atoms with Crippen LogP contribution >= 0.6 is 0 Å². The van der Waals surface area contributed by atoms with E-state index in [-0.39, 0.29) is 6.04 Å². The van der Waals surface area contributed by atoms with Gasteiger partial charge < -0.3 is 10.5 Å². The van der Waals surface area contributed by atoms with Crippen molar-refractivity contribution >= 4 is 0 Å². The fourth-order valence-electron chi connectivity index (χ4n) is 1.01. The van der Waals surface area contributed by atoms with Crippen LogP contribution in [0.5, 0.6) is 5.88 Å². The fourth-order valence-corrected chi connectivity index (χ4v) is 1.01. The Morgan fingerprint density at radius 2 is 2.33 bits per heavy atom. The van der Waals surface area contributed by atoms with Gasteiger partial charge in [0.15, 0.2) is 0 Å². The smallest absolute Gasteiger partial charge is 0.213 e. The molecule has 0 aromatic carbocycles. The largest absolute Gasteiger partial charge is 0.481 e. The summed E-state index contributed by atoms with van der Waals surface area (Å²) in [6.45, 7) is 1.96. The van der Waals surface area contributed by atoms with E-state index in [4.69, 9.17) is 10.5 Å². The summed E-state index contributed by atoms with van der Waals surface area (Å²) in [5.41, 5.74) is 6.61. The summed E-state index contributed by atoms with van der Waals surface area (Å²) in [5.74, 6) is 0.646. The molecule has 0 saturated heterocycles. The average Bonchev–Trinajstić information content (AvgIpc) is 2.03. The molecule has 0 saturated carbocycles. The highest BCUT2D eigenvalue weighted by Gasteiger charge is 1.99. The van der Waals surface area contributed by atoms with E-state index in [1.165, 1.54) is 0 Å². The Morgan fingerprint density at radius 1 is 1.58 bits per heavy atom. The van der Waals surface area contributed by atoms with Crippen molar-refractivity contribution in [3.8, 4) is 5.88 Å². The second kappa shape index (κ2) is 4.07. The number of hydrogen-bond donors (Lipinski definition) is 1. The Balaban J connectivity index is 2.72. The van der Waals surface area contributed by atoms with Gasteiger partial charge in [-0.15, -0.1) is 0 Å². The first-order valence-electron chi connectivity index (χ1n) is 3.98. The molecule has 3 nitrogen and oxygen atoms in total. The molecule has 1 aromatic rings. The average molecular weight is 166 g/mol. The van der Waals surface area contributed by atoms with Crippen LogP contribution in [0.3, 0.4) is 0 Å². The van der Waals surface area contributed by atoms with E-state index in [1.807, 2.05) is 25.1 Å². The van der Waals surface area contributed by atoms with Gasteiger partial charge in [0, 0.05) is 24.2 Å². The predicted molar refractivity (Wildman–Crippen MR) is 48.1 cm³/mol. The number of nitrogens with zero attached hydrogens (tertiary/aromatic N) is 1. The van der Waals surface area contributed by atoms with Gasteiger partial charge in [-0.25, -0.2) is 4.98 Å². The van der Waals surface area contributed by atoms with Crippen LogP contribution in [-0.4, -0.2) is 18.1 Å². The first-order valence-corrected chi connectivity index (χ1v) is 3.98. The molecule has 0 fully saturated rings. The maximum atomic E-state index is 5.64. The van der Waals surface area contributed by atoms with Gasteiger partial charge in [-0.3, -0.25) is 0 Å². The molecule has 0 aliphatic heterocycles. The maximum absolute atomic E-state index is 5.64. The SMILES string of the molecule is COc1cccc(CC(C)N)n1. The van der Waals surface area contributed by atoms with E-state index < -0.39 is 0 Å². The first kappa shape index (κ1) is 9.00. The number of pyridine rings is 1. The molecule has 0 aliphatic rings. The highest BCUT2D eigenvalue weighted by molar-refractivity contribution is 5.16. The van der Waals surface area contributed by atoms with Gasteiger partial charge in [0.1, 0.15) is 0 Å². The Hall–Kier alpha value is -1.09. The molecule has 0 aliphatic carbocycles.